The first-order valence-electron chi connectivity index (χ1n) is 4.12. The standard InChI is InChI=1S/C8H15NO2Si/c1-7-5-12(3,4)6-8(7,2)9(10)11/h5H,6H2,1-4H3. The van der Waals surface area contributed by atoms with E-state index in [1.165, 1.54) is 0 Å². The molecule has 0 aromatic rings. The Morgan fingerprint density at radius 2 is 2.17 bits per heavy atom. The zero-order chi connectivity index (χ0) is 9.57. The van der Waals surface area contributed by atoms with Gasteiger partial charge in [-0.1, -0.05) is 18.8 Å². The average Bonchev–Trinajstić information content (AvgIpc) is 2.03. The third-order valence-corrected chi connectivity index (χ3v) is 5.47. The molecular weight excluding hydrogens is 170 g/mol. The molecule has 1 rings (SSSR count). The smallest absolute Gasteiger partial charge is 0.237 e. The minimum atomic E-state index is -1.41. The topological polar surface area (TPSA) is 43.1 Å². The van der Waals surface area contributed by atoms with E-state index in [2.05, 4.69) is 18.8 Å². The lowest BCUT2D eigenvalue weighted by molar-refractivity contribution is -0.547. The normalized spacial score (nSPS) is 33.2. The first-order chi connectivity index (χ1) is 5.28. The lowest BCUT2D eigenvalue weighted by Gasteiger charge is -2.19. The van der Waals surface area contributed by atoms with Gasteiger partial charge in [-0.3, -0.25) is 10.1 Å². The Hall–Kier alpha value is -0.643. The van der Waals surface area contributed by atoms with Crippen molar-refractivity contribution in [1.29, 1.82) is 0 Å². The molecule has 1 heterocycles. The molecule has 0 bridgehead atoms. The van der Waals surface area contributed by atoms with Gasteiger partial charge in [-0.15, -0.1) is 0 Å². The highest BCUT2D eigenvalue weighted by molar-refractivity contribution is 6.83. The van der Waals surface area contributed by atoms with Crippen LogP contribution in [-0.4, -0.2) is 18.5 Å². The maximum atomic E-state index is 10.8. The van der Waals surface area contributed by atoms with Gasteiger partial charge < -0.3 is 0 Å². The molecule has 1 aliphatic heterocycles. The van der Waals surface area contributed by atoms with E-state index in [0.717, 1.165) is 11.6 Å². The summed E-state index contributed by atoms with van der Waals surface area (Å²) in [6, 6.07) is 0.749. The molecule has 0 N–H and O–H groups in total. The van der Waals surface area contributed by atoms with Crippen LogP contribution in [0.5, 0.6) is 0 Å². The second-order valence-corrected chi connectivity index (χ2v) is 9.14. The highest BCUT2D eigenvalue weighted by Gasteiger charge is 2.49. The molecule has 4 heteroatoms. The second-order valence-electron chi connectivity index (χ2n) is 4.52. The molecule has 0 spiro atoms. The van der Waals surface area contributed by atoms with Gasteiger partial charge in [-0.25, -0.2) is 0 Å². The highest BCUT2D eigenvalue weighted by Crippen LogP contribution is 2.38. The van der Waals surface area contributed by atoms with Crippen molar-refractivity contribution in [3.8, 4) is 0 Å². The minimum absolute atomic E-state index is 0.138. The summed E-state index contributed by atoms with van der Waals surface area (Å²) >= 11 is 0. The van der Waals surface area contributed by atoms with Gasteiger partial charge >= 0.3 is 0 Å². The monoisotopic (exact) mass is 185 g/mol. The number of nitro groups is 1. The zero-order valence-corrected chi connectivity index (χ0v) is 9.05. The summed E-state index contributed by atoms with van der Waals surface area (Å²) in [5.74, 6) is 0. The van der Waals surface area contributed by atoms with Gasteiger partial charge in [0.25, 0.3) is 0 Å². The molecule has 0 radical (unpaired) electrons. The molecule has 1 unspecified atom stereocenters. The Morgan fingerprint density at radius 1 is 1.67 bits per heavy atom. The Labute approximate surface area is 73.6 Å². The molecule has 3 nitrogen and oxygen atoms in total. The predicted octanol–water partition coefficient (Wildman–Crippen LogP) is 2.23. The van der Waals surface area contributed by atoms with E-state index < -0.39 is 13.6 Å². The van der Waals surface area contributed by atoms with Crippen LogP contribution in [0.3, 0.4) is 0 Å². The zero-order valence-electron chi connectivity index (χ0n) is 8.05. The predicted molar refractivity (Wildman–Crippen MR) is 51.4 cm³/mol. The summed E-state index contributed by atoms with van der Waals surface area (Å²) in [7, 11) is -1.41. The van der Waals surface area contributed by atoms with E-state index in [9.17, 15) is 10.1 Å². The number of hydrogen-bond donors (Lipinski definition) is 0. The molecule has 1 atom stereocenters. The van der Waals surface area contributed by atoms with Crippen molar-refractivity contribution >= 4 is 8.07 Å². The Bertz CT molecular complexity index is 260. The maximum absolute atomic E-state index is 10.8. The van der Waals surface area contributed by atoms with E-state index >= 15 is 0 Å². The number of nitrogens with zero attached hydrogens (tertiary/aromatic N) is 1. The van der Waals surface area contributed by atoms with Crippen molar-refractivity contribution in [2.45, 2.75) is 38.5 Å². The molecule has 12 heavy (non-hydrogen) atoms. The molecule has 0 aromatic heterocycles. The summed E-state index contributed by atoms with van der Waals surface area (Å²) in [6.45, 7) is 7.96. The van der Waals surface area contributed by atoms with Crippen molar-refractivity contribution in [2.24, 2.45) is 0 Å². The highest BCUT2D eigenvalue weighted by atomic mass is 28.3. The molecule has 0 aliphatic carbocycles. The molecule has 0 saturated carbocycles. The van der Waals surface area contributed by atoms with Crippen LogP contribution in [0.15, 0.2) is 11.3 Å². The van der Waals surface area contributed by atoms with E-state index in [0.29, 0.717) is 0 Å². The van der Waals surface area contributed by atoms with E-state index in [1.54, 1.807) is 6.92 Å². The van der Waals surface area contributed by atoms with Crippen LogP contribution >= 0.6 is 0 Å². The van der Waals surface area contributed by atoms with Crippen molar-refractivity contribution < 1.29 is 4.92 Å². The largest absolute Gasteiger partial charge is 0.264 e. The summed E-state index contributed by atoms with van der Waals surface area (Å²) in [5, 5.41) is 10.8. The summed E-state index contributed by atoms with van der Waals surface area (Å²) in [6.07, 6.45) is 0. The third-order valence-electron chi connectivity index (χ3n) is 2.66. The van der Waals surface area contributed by atoms with Crippen molar-refractivity contribution in [1.82, 2.24) is 0 Å². The molecule has 0 aromatic carbocycles. The number of hydrogen-bond acceptors (Lipinski definition) is 2. The third kappa shape index (κ3) is 1.31. The van der Waals surface area contributed by atoms with Gasteiger partial charge in [-0.05, 0) is 12.5 Å². The van der Waals surface area contributed by atoms with Gasteiger partial charge in [0.15, 0.2) is 0 Å². The minimum Gasteiger partial charge on any atom is -0.264 e. The van der Waals surface area contributed by atoms with Crippen LogP contribution in [0.25, 0.3) is 0 Å². The van der Waals surface area contributed by atoms with Gasteiger partial charge in [0.2, 0.25) is 5.54 Å². The van der Waals surface area contributed by atoms with E-state index in [4.69, 9.17) is 0 Å². The van der Waals surface area contributed by atoms with Crippen LogP contribution in [0.1, 0.15) is 13.8 Å². The lowest BCUT2D eigenvalue weighted by atomic mass is 9.98. The van der Waals surface area contributed by atoms with Gasteiger partial charge in [0.05, 0.1) is 8.07 Å². The number of rotatable bonds is 1. The van der Waals surface area contributed by atoms with Crippen molar-refractivity contribution in [3.63, 3.8) is 0 Å². The first-order valence-corrected chi connectivity index (χ1v) is 7.41. The molecule has 1 aliphatic rings. The van der Waals surface area contributed by atoms with Crippen molar-refractivity contribution in [3.05, 3.63) is 21.4 Å². The maximum Gasteiger partial charge on any atom is 0.237 e. The Kier molecular flexibility index (Phi) is 1.90. The van der Waals surface area contributed by atoms with E-state index in [1.807, 2.05) is 6.92 Å². The second kappa shape index (κ2) is 2.42. The quantitative estimate of drug-likeness (QED) is 0.357. The van der Waals surface area contributed by atoms with Crippen molar-refractivity contribution in [2.75, 3.05) is 0 Å². The Morgan fingerprint density at radius 3 is 2.33 bits per heavy atom. The summed E-state index contributed by atoms with van der Waals surface area (Å²) in [5.41, 5.74) is 2.33. The summed E-state index contributed by atoms with van der Waals surface area (Å²) in [4.78, 5) is 10.7. The lowest BCUT2D eigenvalue weighted by Crippen LogP contribution is -2.37. The fourth-order valence-electron chi connectivity index (χ4n) is 2.03. The Balaban J connectivity index is 3.02. The fraction of sp³-hybridized carbons (Fsp3) is 0.750. The SMILES string of the molecule is CC1=C[Si](C)(C)CC1(C)[N+](=O)[O-]. The molecule has 68 valence electrons. The molecular formula is C8H15NO2Si. The fourth-order valence-corrected chi connectivity index (χ4v) is 5.80. The molecule has 0 amide bonds. The molecule has 0 saturated heterocycles. The van der Waals surface area contributed by atoms with E-state index in [-0.39, 0.29) is 4.92 Å². The first kappa shape index (κ1) is 9.44. The van der Waals surface area contributed by atoms with Crippen LogP contribution in [0.4, 0.5) is 0 Å². The van der Waals surface area contributed by atoms with Gasteiger partial charge in [0.1, 0.15) is 0 Å². The van der Waals surface area contributed by atoms with Crippen LogP contribution in [0.2, 0.25) is 19.1 Å². The summed E-state index contributed by atoms with van der Waals surface area (Å²) < 4.78 is 0. The van der Waals surface area contributed by atoms with Gasteiger partial charge in [-0.2, -0.15) is 0 Å². The van der Waals surface area contributed by atoms with Crippen LogP contribution in [0, 0.1) is 10.1 Å². The van der Waals surface area contributed by atoms with Crippen LogP contribution < -0.4 is 0 Å². The van der Waals surface area contributed by atoms with Gasteiger partial charge in [0, 0.05) is 17.9 Å². The molecule has 0 fully saturated rings. The average molecular weight is 185 g/mol. The van der Waals surface area contributed by atoms with Crippen LogP contribution in [-0.2, 0) is 0 Å².